The minimum atomic E-state index is -0.390. The van der Waals surface area contributed by atoms with Crippen LogP contribution in [0.5, 0.6) is 0 Å². The fraction of sp³-hybridized carbons (Fsp3) is 0.500. The molecule has 0 saturated carbocycles. The van der Waals surface area contributed by atoms with Gasteiger partial charge in [0.1, 0.15) is 5.56 Å². The highest BCUT2D eigenvalue weighted by molar-refractivity contribution is 5.94. The molecule has 5 heteroatoms. The second-order valence-corrected chi connectivity index (χ2v) is 4.38. The summed E-state index contributed by atoms with van der Waals surface area (Å²) < 4.78 is 1.14. The van der Waals surface area contributed by atoms with Crippen molar-refractivity contribution in [3.63, 3.8) is 0 Å². The van der Waals surface area contributed by atoms with Gasteiger partial charge in [0.15, 0.2) is 0 Å². The predicted octanol–water partition coefficient (Wildman–Crippen LogP) is 0.309. The van der Waals surface area contributed by atoms with Crippen LogP contribution in [-0.2, 0) is 7.05 Å². The molecule has 15 heavy (non-hydrogen) atoms. The lowest BCUT2D eigenvalue weighted by Gasteiger charge is -2.20. The van der Waals surface area contributed by atoms with Crippen LogP contribution in [0.4, 0.5) is 0 Å². The molecule has 0 saturated heterocycles. The molecule has 82 valence electrons. The van der Waals surface area contributed by atoms with E-state index in [1.54, 1.807) is 0 Å². The highest BCUT2D eigenvalue weighted by Crippen LogP contribution is 2.00. The molecule has 5 nitrogen and oxygen atoms in total. The molecule has 0 aliphatic rings. The first kappa shape index (κ1) is 11.4. The average Bonchev–Trinajstić information content (AvgIpc) is 2.06. The molecule has 0 fully saturated rings. The lowest BCUT2D eigenvalue weighted by molar-refractivity contribution is 0.0917. The molecule has 0 aliphatic heterocycles. The van der Waals surface area contributed by atoms with Crippen molar-refractivity contribution >= 4 is 5.91 Å². The fourth-order valence-corrected chi connectivity index (χ4v) is 1.09. The van der Waals surface area contributed by atoms with Gasteiger partial charge in [-0.1, -0.05) is 0 Å². The zero-order valence-electron chi connectivity index (χ0n) is 9.37. The number of hydrogen-bond donors (Lipinski definition) is 1. The summed E-state index contributed by atoms with van der Waals surface area (Å²) in [5, 5.41) is 6.47. The molecule has 0 unspecified atom stereocenters. The second kappa shape index (κ2) is 3.84. The van der Waals surface area contributed by atoms with E-state index in [1.165, 1.54) is 19.3 Å². The van der Waals surface area contributed by atoms with Crippen molar-refractivity contribution in [1.29, 1.82) is 0 Å². The van der Waals surface area contributed by atoms with Gasteiger partial charge in [-0.2, -0.15) is 5.10 Å². The van der Waals surface area contributed by atoms with Gasteiger partial charge in [0, 0.05) is 18.8 Å². The van der Waals surface area contributed by atoms with Crippen LogP contribution < -0.4 is 10.9 Å². The minimum absolute atomic E-state index is 0.113. The zero-order chi connectivity index (χ0) is 11.6. The lowest BCUT2D eigenvalue weighted by atomic mass is 10.1. The third-order valence-electron chi connectivity index (χ3n) is 1.74. The molecular weight excluding hydrogens is 194 g/mol. The maximum absolute atomic E-state index is 11.7. The van der Waals surface area contributed by atoms with E-state index in [-0.39, 0.29) is 22.6 Å². The monoisotopic (exact) mass is 209 g/mol. The van der Waals surface area contributed by atoms with Crippen LogP contribution in [-0.4, -0.2) is 21.2 Å². The number of aromatic nitrogens is 2. The van der Waals surface area contributed by atoms with Gasteiger partial charge in [-0.15, -0.1) is 0 Å². The molecular formula is C10H15N3O2. The molecule has 1 N–H and O–H groups in total. The Hall–Kier alpha value is -1.65. The van der Waals surface area contributed by atoms with Crippen LogP contribution in [0.25, 0.3) is 0 Å². The van der Waals surface area contributed by atoms with E-state index < -0.39 is 0 Å². The van der Waals surface area contributed by atoms with Crippen molar-refractivity contribution in [3.05, 3.63) is 28.2 Å². The van der Waals surface area contributed by atoms with Gasteiger partial charge >= 0.3 is 0 Å². The van der Waals surface area contributed by atoms with E-state index in [9.17, 15) is 9.59 Å². The predicted molar refractivity (Wildman–Crippen MR) is 56.7 cm³/mol. The zero-order valence-corrected chi connectivity index (χ0v) is 9.37. The van der Waals surface area contributed by atoms with Gasteiger partial charge < -0.3 is 5.32 Å². The molecule has 0 aromatic carbocycles. The Morgan fingerprint density at radius 2 is 2.07 bits per heavy atom. The Balaban J connectivity index is 3.03. The molecule has 0 spiro atoms. The summed E-state index contributed by atoms with van der Waals surface area (Å²) in [4.78, 5) is 23.2. The quantitative estimate of drug-likeness (QED) is 0.724. The number of nitrogens with one attached hydrogen (secondary N) is 1. The minimum Gasteiger partial charge on any atom is -0.347 e. The summed E-state index contributed by atoms with van der Waals surface area (Å²) in [7, 11) is 1.51. The van der Waals surface area contributed by atoms with Crippen molar-refractivity contribution in [1.82, 2.24) is 15.1 Å². The third-order valence-corrected chi connectivity index (χ3v) is 1.74. The van der Waals surface area contributed by atoms with Gasteiger partial charge in [-0.3, -0.25) is 9.59 Å². The van der Waals surface area contributed by atoms with Gasteiger partial charge in [-0.25, -0.2) is 4.68 Å². The standard InChI is InChI=1S/C10H15N3O2/c1-10(2,3)12-8(14)7-5-6-11-13(4)9(7)15/h5-6H,1-4H3,(H,12,14). The number of carbonyl (C=O) groups excluding carboxylic acids is 1. The first-order chi connectivity index (χ1) is 6.81. The largest absolute Gasteiger partial charge is 0.347 e. The Morgan fingerprint density at radius 3 is 2.60 bits per heavy atom. The SMILES string of the molecule is Cn1nccc(C(=O)NC(C)(C)C)c1=O. The van der Waals surface area contributed by atoms with Crippen molar-refractivity contribution in [2.45, 2.75) is 26.3 Å². The summed E-state index contributed by atoms with van der Waals surface area (Å²) in [6, 6.07) is 1.42. The number of carbonyl (C=O) groups is 1. The molecule has 0 atom stereocenters. The summed E-state index contributed by atoms with van der Waals surface area (Å²) in [6.07, 6.45) is 1.43. The van der Waals surface area contributed by atoms with Crippen LogP contribution in [0.1, 0.15) is 31.1 Å². The fourth-order valence-electron chi connectivity index (χ4n) is 1.09. The normalized spacial score (nSPS) is 11.2. The first-order valence-corrected chi connectivity index (χ1v) is 4.66. The van der Waals surface area contributed by atoms with E-state index in [2.05, 4.69) is 10.4 Å². The van der Waals surface area contributed by atoms with E-state index in [0.717, 1.165) is 4.68 Å². The maximum atomic E-state index is 11.7. The van der Waals surface area contributed by atoms with Crippen LogP contribution in [0, 0.1) is 0 Å². The average molecular weight is 209 g/mol. The van der Waals surface area contributed by atoms with Crippen molar-refractivity contribution in [2.75, 3.05) is 0 Å². The molecule has 1 aromatic heterocycles. The number of hydrogen-bond acceptors (Lipinski definition) is 3. The smallest absolute Gasteiger partial charge is 0.279 e. The van der Waals surface area contributed by atoms with E-state index >= 15 is 0 Å². The molecule has 1 heterocycles. The Labute approximate surface area is 88.1 Å². The number of amides is 1. The highest BCUT2D eigenvalue weighted by Gasteiger charge is 2.17. The molecule has 0 bridgehead atoms. The van der Waals surface area contributed by atoms with Crippen molar-refractivity contribution in [3.8, 4) is 0 Å². The van der Waals surface area contributed by atoms with Gasteiger partial charge in [0.2, 0.25) is 0 Å². The van der Waals surface area contributed by atoms with E-state index in [0.29, 0.717) is 0 Å². The lowest BCUT2D eigenvalue weighted by Crippen LogP contribution is -2.43. The Kier molecular flexibility index (Phi) is 2.93. The summed E-state index contributed by atoms with van der Waals surface area (Å²) >= 11 is 0. The van der Waals surface area contributed by atoms with Crippen LogP contribution in [0.3, 0.4) is 0 Å². The number of rotatable bonds is 1. The summed E-state index contributed by atoms with van der Waals surface area (Å²) in [5.41, 5.74) is -0.632. The molecule has 0 aliphatic carbocycles. The van der Waals surface area contributed by atoms with Crippen LogP contribution >= 0.6 is 0 Å². The topological polar surface area (TPSA) is 64.0 Å². The first-order valence-electron chi connectivity index (χ1n) is 4.66. The van der Waals surface area contributed by atoms with Crippen LogP contribution in [0.15, 0.2) is 17.1 Å². The van der Waals surface area contributed by atoms with E-state index in [4.69, 9.17) is 0 Å². The van der Waals surface area contributed by atoms with Gasteiger partial charge in [0.05, 0.1) is 0 Å². The van der Waals surface area contributed by atoms with Gasteiger partial charge in [-0.05, 0) is 26.8 Å². The van der Waals surface area contributed by atoms with E-state index in [1.807, 2.05) is 20.8 Å². The summed E-state index contributed by atoms with van der Waals surface area (Å²) in [5.74, 6) is -0.370. The Morgan fingerprint density at radius 1 is 1.47 bits per heavy atom. The maximum Gasteiger partial charge on any atom is 0.279 e. The van der Waals surface area contributed by atoms with Crippen LogP contribution in [0.2, 0.25) is 0 Å². The Bertz CT molecular complexity index is 429. The highest BCUT2D eigenvalue weighted by atomic mass is 16.2. The van der Waals surface area contributed by atoms with Crippen molar-refractivity contribution < 1.29 is 4.79 Å². The second-order valence-electron chi connectivity index (χ2n) is 4.38. The number of aryl methyl sites for hydroxylation is 1. The molecule has 1 aromatic rings. The molecule has 1 rings (SSSR count). The molecule has 1 amide bonds. The molecule has 0 radical (unpaired) electrons. The summed E-state index contributed by atoms with van der Waals surface area (Å²) in [6.45, 7) is 5.57. The third kappa shape index (κ3) is 2.90. The van der Waals surface area contributed by atoms with Crippen molar-refractivity contribution in [2.24, 2.45) is 7.05 Å². The van der Waals surface area contributed by atoms with Gasteiger partial charge in [0.25, 0.3) is 11.5 Å². The number of nitrogens with zero attached hydrogens (tertiary/aromatic N) is 2.